The molecule has 0 radical (unpaired) electrons. The Bertz CT molecular complexity index is 1190. The normalized spacial score (nSPS) is 10.7. The number of ether oxygens (including phenoxy) is 2. The molecule has 4 rings (SSSR count). The van der Waals surface area contributed by atoms with Gasteiger partial charge >= 0.3 is 0 Å². The lowest BCUT2D eigenvalue weighted by molar-refractivity contribution is -0.123. The lowest BCUT2D eigenvalue weighted by Crippen LogP contribution is -2.24. The second-order valence-corrected chi connectivity index (χ2v) is 7.32. The monoisotopic (exact) mass is 436 g/mol. The third-order valence-corrected chi connectivity index (χ3v) is 4.84. The summed E-state index contributed by atoms with van der Waals surface area (Å²) < 4.78 is 11.4. The van der Waals surface area contributed by atoms with Gasteiger partial charge in [0.25, 0.3) is 5.91 Å². The van der Waals surface area contributed by atoms with Crippen molar-refractivity contribution in [2.24, 2.45) is 5.10 Å². The summed E-state index contributed by atoms with van der Waals surface area (Å²) >= 11 is 0. The highest BCUT2D eigenvalue weighted by atomic mass is 16.5. The summed E-state index contributed by atoms with van der Waals surface area (Å²) in [6.45, 7) is 0.365. The molecule has 5 heteroatoms. The van der Waals surface area contributed by atoms with Crippen molar-refractivity contribution in [3.8, 4) is 22.6 Å². The van der Waals surface area contributed by atoms with Crippen LogP contribution < -0.4 is 14.9 Å². The van der Waals surface area contributed by atoms with Crippen LogP contribution in [0.25, 0.3) is 11.1 Å². The van der Waals surface area contributed by atoms with E-state index < -0.39 is 0 Å². The Balaban J connectivity index is 1.23. The predicted octanol–water partition coefficient (Wildman–Crippen LogP) is 5.46. The van der Waals surface area contributed by atoms with Crippen LogP contribution in [-0.2, 0) is 11.4 Å². The molecule has 33 heavy (non-hydrogen) atoms. The zero-order valence-electron chi connectivity index (χ0n) is 18.1. The number of amides is 1. The van der Waals surface area contributed by atoms with Gasteiger partial charge in [-0.2, -0.15) is 5.10 Å². The van der Waals surface area contributed by atoms with Crippen LogP contribution in [0.15, 0.2) is 114 Å². The summed E-state index contributed by atoms with van der Waals surface area (Å²) in [4.78, 5) is 12.0. The molecule has 5 nitrogen and oxygen atoms in total. The number of hydrazone groups is 1. The van der Waals surface area contributed by atoms with Crippen molar-refractivity contribution < 1.29 is 14.3 Å². The van der Waals surface area contributed by atoms with Crippen molar-refractivity contribution in [1.82, 2.24) is 5.43 Å². The smallest absolute Gasteiger partial charge is 0.277 e. The van der Waals surface area contributed by atoms with Gasteiger partial charge < -0.3 is 9.47 Å². The second kappa shape index (κ2) is 11.3. The van der Waals surface area contributed by atoms with E-state index in [9.17, 15) is 4.79 Å². The highest BCUT2D eigenvalue weighted by molar-refractivity contribution is 5.83. The summed E-state index contributed by atoms with van der Waals surface area (Å²) in [5, 5.41) is 4.01. The van der Waals surface area contributed by atoms with Gasteiger partial charge in [-0.1, -0.05) is 84.9 Å². The van der Waals surface area contributed by atoms with E-state index in [1.807, 2.05) is 109 Å². The van der Waals surface area contributed by atoms with Crippen LogP contribution in [0.3, 0.4) is 0 Å². The Labute approximate surface area is 193 Å². The average Bonchev–Trinajstić information content (AvgIpc) is 2.88. The lowest BCUT2D eigenvalue weighted by atomic mass is 10.1. The molecule has 0 atom stereocenters. The molecule has 0 spiro atoms. The van der Waals surface area contributed by atoms with Gasteiger partial charge in [0.1, 0.15) is 18.1 Å². The Morgan fingerprint density at radius 3 is 2.18 bits per heavy atom. The van der Waals surface area contributed by atoms with Crippen LogP contribution in [-0.4, -0.2) is 18.7 Å². The molecular weight excluding hydrogens is 412 g/mol. The molecule has 0 saturated heterocycles. The fraction of sp³-hybridized carbons (Fsp3) is 0.0714. The summed E-state index contributed by atoms with van der Waals surface area (Å²) in [5.41, 5.74) is 6.61. The van der Waals surface area contributed by atoms with Crippen molar-refractivity contribution in [3.05, 3.63) is 120 Å². The molecular formula is C28H24N2O3. The van der Waals surface area contributed by atoms with E-state index in [0.717, 1.165) is 28.0 Å². The first-order valence-corrected chi connectivity index (χ1v) is 10.6. The first kappa shape index (κ1) is 21.8. The van der Waals surface area contributed by atoms with Gasteiger partial charge in [-0.15, -0.1) is 0 Å². The molecule has 0 fully saturated rings. The van der Waals surface area contributed by atoms with Crippen molar-refractivity contribution in [3.63, 3.8) is 0 Å². The van der Waals surface area contributed by atoms with Gasteiger partial charge in [0.05, 0.1) is 6.21 Å². The molecule has 1 N–H and O–H groups in total. The standard InChI is InChI=1S/C28H24N2O3/c31-28(21-33-26-16-14-25(15-17-26)24-11-5-2-6-12-24)30-29-19-23-10-7-13-27(18-23)32-20-22-8-3-1-4-9-22/h1-19H,20-21H2,(H,30,31). The first-order chi connectivity index (χ1) is 16.3. The molecule has 0 heterocycles. The number of hydrogen-bond donors (Lipinski definition) is 1. The lowest BCUT2D eigenvalue weighted by Gasteiger charge is -2.07. The van der Waals surface area contributed by atoms with E-state index in [1.165, 1.54) is 0 Å². The molecule has 1 amide bonds. The fourth-order valence-corrected chi connectivity index (χ4v) is 3.16. The van der Waals surface area contributed by atoms with Crippen LogP contribution in [0, 0.1) is 0 Å². The van der Waals surface area contributed by atoms with E-state index in [0.29, 0.717) is 12.4 Å². The number of hydrogen-bond acceptors (Lipinski definition) is 4. The summed E-state index contributed by atoms with van der Waals surface area (Å²) in [5.74, 6) is 1.02. The second-order valence-electron chi connectivity index (χ2n) is 7.32. The van der Waals surface area contributed by atoms with Crippen molar-refractivity contribution in [1.29, 1.82) is 0 Å². The van der Waals surface area contributed by atoms with Crippen LogP contribution in [0.4, 0.5) is 0 Å². The first-order valence-electron chi connectivity index (χ1n) is 10.6. The van der Waals surface area contributed by atoms with E-state index in [2.05, 4.69) is 10.5 Å². The van der Waals surface area contributed by atoms with Gasteiger partial charge in [0, 0.05) is 0 Å². The zero-order chi connectivity index (χ0) is 22.7. The third-order valence-electron chi connectivity index (χ3n) is 4.84. The Morgan fingerprint density at radius 2 is 1.42 bits per heavy atom. The summed E-state index contributed by atoms with van der Waals surface area (Å²) in [6.07, 6.45) is 1.57. The number of benzene rings is 4. The number of nitrogens with zero attached hydrogens (tertiary/aromatic N) is 1. The minimum Gasteiger partial charge on any atom is -0.489 e. The highest BCUT2D eigenvalue weighted by Gasteiger charge is 2.03. The average molecular weight is 437 g/mol. The zero-order valence-corrected chi connectivity index (χ0v) is 18.1. The molecule has 0 aliphatic carbocycles. The van der Waals surface area contributed by atoms with Crippen LogP contribution in [0.5, 0.6) is 11.5 Å². The third kappa shape index (κ3) is 6.80. The van der Waals surface area contributed by atoms with Crippen LogP contribution >= 0.6 is 0 Å². The van der Waals surface area contributed by atoms with Crippen molar-refractivity contribution >= 4 is 12.1 Å². The molecule has 0 aliphatic heterocycles. The minimum absolute atomic E-state index is 0.123. The largest absolute Gasteiger partial charge is 0.489 e. The number of rotatable bonds is 9. The SMILES string of the molecule is O=C(COc1ccc(-c2ccccc2)cc1)NN=Cc1cccc(OCc2ccccc2)c1. The molecule has 0 saturated carbocycles. The number of carbonyl (C=O) groups excluding carboxylic acids is 1. The van der Waals surface area contributed by atoms with Gasteiger partial charge in [0.15, 0.2) is 6.61 Å². The summed E-state index contributed by atoms with van der Waals surface area (Å²) in [6, 6.07) is 35.2. The van der Waals surface area contributed by atoms with E-state index in [1.54, 1.807) is 6.21 Å². The van der Waals surface area contributed by atoms with Gasteiger partial charge in [-0.25, -0.2) is 5.43 Å². The Kier molecular flexibility index (Phi) is 7.48. The summed E-state index contributed by atoms with van der Waals surface area (Å²) in [7, 11) is 0. The molecule has 0 bridgehead atoms. The predicted molar refractivity (Wildman–Crippen MR) is 130 cm³/mol. The van der Waals surface area contributed by atoms with E-state index in [-0.39, 0.29) is 12.5 Å². The molecule has 4 aromatic carbocycles. The Morgan fingerprint density at radius 1 is 0.727 bits per heavy atom. The van der Waals surface area contributed by atoms with Gasteiger partial charge in [-0.3, -0.25) is 4.79 Å². The highest BCUT2D eigenvalue weighted by Crippen LogP contribution is 2.22. The molecule has 0 unspecified atom stereocenters. The molecule has 0 aromatic heterocycles. The van der Waals surface area contributed by atoms with Crippen molar-refractivity contribution in [2.75, 3.05) is 6.61 Å². The minimum atomic E-state index is -0.338. The van der Waals surface area contributed by atoms with Crippen LogP contribution in [0.1, 0.15) is 11.1 Å². The number of carbonyl (C=O) groups is 1. The molecule has 4 aromatic rings. The maximum absolute atomic E-state index is 12.0. The molecule has 0 aliphatic rings. The quantitative estimate of drug-likeness (QED) is 0.280. The topological polar surface area (TPSA) is 59.9 Å². The van der Waals surface area contributed by atoms with Gasteiger partial charge in [-0.05, 0) is 46.5 Å². The van der Waals surface area contributed by atoms with Crippen molar-refractivity contribution in [2.45, 2.75) is 6.61 Å². The van der Waals surface area contributed by atoms with Crippen LogP contribution in [0.2, 0.25) is 0 Å². The van der Waals surface area contributed by atoms with E-state index >= 15 is 0 Å². The maximum Gasteiger partial charge on any atom is 0.277 e. The maximum atomic E-state index is 12.0. The van der Waals surface area contributed by atoms with E-state index in [4.69, 9.17) is 9.47 Å². The van der Waals surface area contributed by atoms with Gasteiger partial charge in [0.2, 0.25) is 0 Å². The molecule has 164 valence electrons. The Hall–Kier alpha value is -4.38. The fourth-order valence-electron chi connectivity index (χ4n) is 3.16. The number of nitrogens with one attached hydrogen (secondary N) is 1.